The molecule has 0 radical (unpaired) electrons. The largest absolute Gasteiger partial charge is 0.460 e. The number of carbonyl (C=O) groups is 2. The van der Waals surface area contributed by atoms with Crippen LogP contribution in [-0.2, 0) is 33.7 Å². The van der Waals surface area contributed by atoms with Crippen LogP contribution >= 0.6 is 0 Å². The van der Waals surface area contributed by atoms with Gasteiger partial charge in [0.25, 0.3) is 0 Å². The van der Waals surface area contributed by atoms with E-state index in [-0.39, 0.29) is 6.61 Å². The molecule has 3 N–H and O–H groups in total. The number of benzene rings is 2. The highest BCUT2D eigenvalue weighted by Gasteiger charge is 2.27. The molecule has 1 aromatic heterocycles. The number of aromatic amines is 1. The highest BCUT2D eigenvalue weighted by Crippen LogP contribution is 2.11. The first-order valence-electron chi connectivity index (χ1n) is 11.8. The van der Waals surface area contributed by atoms with E-state index in [1.807, 2.05) is 60.7 Å². The summed E-state index contributed by atoms with van der Waals surface area (Å²) < 4.78 is 11.1. The number of hydrogen-bond donors (Lipinski definition) is 3. The molecule has 3 aromatic rings. The number of nitrogens with one attached hydrogen (secondary N) is 3. The monoisotopic (exact) mass is 478 g/mol. The summed E-state index contributed by atoms with van der Waals surface area (Å²) in [5.41, 5.74) is 2.09. The first kappa shape index (κ1) is 26.0. The molecule has 2 aromatic carbocycles. The number of rotatable bonds is 11. The van der Waals surface area contributed by atoms with Gasteiger partial charge in [0.05, 0.1) is 18.2 Å². The van der Waals surface area contributed by atoms with Gasteiger partial charge in [0.1, 0.15) is 18.2 Å². The van der Waals surface area contributed by atoms with Crippen LogP contribution in [0.5, 0.6) is 0 Å². The van der Waals surface area contributed by atoms with Crippen LogP contribution in [0.4, 0.5) is 4.79 Å². The fraction of sp³-hybridized carbons (Fsp3) is 0.370. The minimum atomic E-state index is -0.724. The van der Waals surface area contributed by atoms with Crippen molar-refractivity contribution in [1.82, 2.24) is 20.6 Å². The lowest BCUT2D eigenvalue weighted by molar-refractivity contribution is -0.147. The second-order valence-corrected chi connectivity index (χ2v) is 9.30. The molecule has 186 valence electrons. The molecule has 2 atom stereocenters. The zero-order chi connectivity index (χ0) is 25.1. The quantitative estimate of drug-likeness (QED) is 0.283. The Morgan fingerprint density at radius 2 is 1.66 bits per heavy atom. The molecule has 0 aliphatic heterocycles. The third kappa shape index (κ3) is 9.62. The maximum atomic E-state index is 13.1. The van der Waals surface area contributed by atoms with Gasteiger partial charge >= 0.3 is 12.1 Å². The van der Waals surface area contributed by atoms with Crippen molar-refractivity contribution < 1.29 is 19.1 Å². The Balaban J connectivity index is 1.72. The minimum Gasteiger partial charge on any atom is -0.460 e. The van der Waals surface area contributed by atoms with Gasteiger partial charge < -0.3 is 19.8 Å². The lowest BCUT2D eigenvalue weighted by atomic mass is 10.1. The molecule has 1 amide bonds. The number of alkyl carbamates (subject to hydrolysis) is 1. The van der Waals surface area contributed by atoms with Crippen molar-refractivity contribution in [2.45, 2.75) is 64.4 Å². The van der Waals surface area contributed by atoms with E-state index in [1.54, 1.807) is 33.3 Å². The number of aryl methyl sites for hydroxylation is 1. The second kappa shape index (κ2) is 12.7. The number of esters is 1. The highest BCUT2D eigenvalue weighted by molar-refractivity contribution is 5.76. The van der Waals surface area contributed by atoms with Crippen LogP contribution in [0, 0.1) is 0 Å². The summed E-state index contributed by atoms with van der Waals surface area (Å²) in [5, 5.41) is 6.15. The zero-order valence-corrected chi connectivity index (χ0v) is 20.5. The molecule has 3 rings (SSSR count). The van der Waals surface area contributed by atoms with E-state index >= 15 is 0 Å². The van der Waals surface area contributed by atoms with Crippen LogP contribution in [-0.4, -0.2) is 39.8 Å². The number of aromatic nitrogens is 2. The van der Waals surface area contributed by atoms with Gasteiger partial charge in [-0.3, -0.25) is 10.1 Å². The van der Waals surface area contributed by atoms with Crippen LogP contribution < -0.4 is 10.6 Å². The van der Waals surface area contributed by atoms with Crippen molar-refractivity contribution in [2.24, 2.45) is 0 Å². The predicted molar refractivity (Wildman–Crippen MR) is 133 cm³/mol. The highest BCUT2D eigenvalue weighted by atomic mass is 16.6. The van der Waals surface area contributed by atoms with Gasteiger partial charge in [0.15, 0.2) is 0 Å². The Labute approximate surface area is 206 Å². The lowest BCUT2D eigenvalue weighted by Crippen LogP contribution is -2.54. The lowest BCUT2D eigenvalue weighted by Gasteiger charge is -2.27. The number of H-pyrrole nitrogens is 1. The minimum absolute atomic E-state index is 0.159. The normalized spacial score (nSPS) is 13.0. The molecule has 2 unspecified atom stereocenters. The first-order valence-corrected chi connectivity index (χ1v) is 11.8. The molecule has 0 saturated carbocycles. The molecule has 0 saturated heterocycles. The molecule has 0 bridgehead atoms. The third-order valence-corrected chi connectivity index (χ3v) is 5.13. The molecular weight excluding hydrogens is 444 g/mol. The predicted octanol–water partition coefficient (Wildman–Crippen LogP) is 4.14. The Kier molecular flexibility index (Phi) is 9.43. The van der Waals surface area contributed by atoms with Crippen molar-refractivity contribution in [3.8, 4) is 0 Å². The molecule has 1 heterocycles. The van der Waals surface area contributed by atoms with E-state index in [4.69, 9.17) is 9.47 Å². The van der Waals surface area contributed by atoms with Crippen LogP contribution in [0.2, 0.25) is 0 Å². The zero-order valence-electron chi connectivity index (χ0n) is 20.5. The van der Waals surface area contributed by atoms with Gasteiger partial charge in [0.2, 0.25) is 0 Å². The maximum Gasteiger partial charge on any atom is 0.408 e. The Morgan fingerprint density at radius 3 is 2.26 bits per heavy atom. The van der Waals surface area contributed by atoms with Crippen LogP contribution in [0.3, 0.4) is 0 Å². The number of imidazole rings is 1. The fourth-order valence-corrected chi connectivity index (χ4v) is 3.50. The molecule has 0 aliphatic rings. The van der Waals surface area contributed by atoms with Crippen molar-refractivity contribution in [1.29, 1.82) is 0 Å². The summed E-state index contributed by atoms with van der Waals surface area (Å²) >= 11 is 0. The first-order chi connectivity index (χ1) is 16.8. The summed E-state index contributed by atoms with van der Waals surface area (Å²) in [6, 6.07) is 18.7. The second-order valence-electron chi connectivity index (χ2n) is 9.30. The van der Waals surface area contributed by atoms with Gasteiger partial charge in [-0.2, -0.15) is 0 Å². The smallest absolute Gasteiger partial charge is 0.408 e. The van der Waals surface area contributed by atoms with Gasteiger partial charge in [-0.05, 0) is 44.7 Å². The van der Waals surface area contributed by atoms with E-state index in [9.17, 15) is 9.59 Å². The summed E-state index contributed by atoms with van der Waals surface area (Å²) in [6.07, 6.45) is 3.76. The summed E-state index contributed by atoms with van der Waals surface area (Å²) in [6.45, 7) is 5.58. The summed E-state index contributed by atoms with van der Waals surface area (Å²) in [7, 11) is 0. The maximum absolute atomic E-state index is 13.1. The molecule has 8 heteroatoms. The third-order valence-electron chi connectivity index (χ3n) is 5.13. The van der Waals surface area contributed by atoms with Crippen LogP contribution in [0.1, 0.15) is 44.0 Å². The number of hydrogen-bond acceptors (Lipinski definition) is 6. The standard InChI is InChI=1S/C27H34N4O4/c1-27(2,3)35-26(33)31-24(15-14-20-10-6-4-7-11-20)30-23(16-22-17-28-19-29-22)25(32)34-18-21-12-8-5-9-13-21/h4-13,17,19,23-24,30H,14-16,18H2,1-3H3,(H,28,29)(H,31,33). The Bertz CT molecular complexity index is 1030. The summed E-state index contributed by atoms with van der Waals surface area (Å²) in [4.78, 5) is 32.8. The van der Waals surface area contributed by atoms with Gasteiger partial charge in [-0.15, -0.1) is 0 Å². The van der Waals surface area contributed by atoms with Crippen LogP contribution in [0.15, 0.2) is 73.2 Å². The molecule has 0 aliphatic carbocycles. The fourth-order valence-electron chi connectivity index (χ4n) is 3.50. The van der Waals surface area contributed by atoms with E-state index in [1.165, 1.54) is 0 Å². The molecule has 35 heavy (non-hydrogen) atoms. The SMILES string of the molecule is CC(C)(C)OC(=O)NC(CCc1ccccc1)NC(Cc1c[nH]cn1)C(=O)OCc1ccccc1. The number of nitrogens with zero attached hydrogens (tertiary/aromatic N) is 1. The van der Waals surface area contributed by atoms with E-state index in [2.05, 4.69) is 20.6 Å². The van der Waals surface area contributed by atoms with Gasteiger partial charge in [0, 0.05) is 12.6 Å². The van der Waals surface area contributed by atoms with E-state index in [0.29, 0.717) is 25.0 Å². The van der Waals surface area contributed by atoms with Crippen molar-refractivity contribution in [3.63, 3.8) is 0 Å². The average molecular weight is 479 g/mol. The van der Waals surface area contributed by atoms with E-state index in [0.717, 1.165) is 11.1 Å². The van der Waals surface area contributed by atoms with Gasteiger partial charge in [-0.25, -0.2) is 9.78 Å². The topological polar surface area (TPSA) is 105 Å². The van der Waals surface area contributed by atoms with Crippen molar-refractivity contribution in [2.75, 3.05) is 0 Å². The molecule has 8 nitrogen and oxygen atoms in total. The molecular formula is C27H34N4O4. The average Bonchev–Trinajstić information content (AvgIpc) is 3.34. The van der Waals surface area contributed by atoms with E-state index < -0.39 is 29.9 Å². The number of amides is 1. The van der Waals surface area contributed by atoms with Gasteiger partial charge in [-0.1, -0.05) is 60.7 Å². The molecule has 0 fully saturated rings. The van der Waals surface area contributed by atoms with Crippen molar-refractivity contribution in [3.05, 3.63) is 90.0 Å². The van der Waals surface area contributed by atoms with Crippen LogP contribution in [0.25, 0.3) is 0 Å². The number of carbonyl (C=O) groups excluding carboxylic acids is 2. The number of ether oxygens (including phenoxy) is 2. The Morgan fingerprint density at radius 1 is 1.00 bits per heavy atom. The Hall–Kier alpha value is -3.65. The summed E-state index contributed by atoms with van der Waals surface area (Å²) in [5.74, 6) is -0.424. The van der Waals surface area contributed by atoms with Crippen molar-refractivity contribution >= 4 is 12.1 Å². The molecule has 0 spiro atoms.